The molecule has 2 aromatic rings. The summed E-state index contributed by atoms with van der Waals surface area (Å²) in [6.45, 7) is 5.03. The molecular formula is C26H36F2N2O4S. The molecule has 1 aromatic heterocycles. The van der Waals surface area contributed by atoms with E-state index in [-0.39, 0.29) is 28.6 Å². The highest BCUT2D eigenvalue weighted by Crippen LogP contribution is 2.44. The highest BCUT2D eigenvalue weighted by atomic mass is 32.2. The van der Waals surface area contributed by atoms with Crippen LogP contribution in [-0.2, 0) is 21.0 Å². The molecular weight excluding hydrogens is 474 g/mol. The Morgan fingerprint density at radius 1 is 1.14 bits per heavy atom. The molecule has 0 aliphatic heterocycles. The third-order valence-corrected chi connectivity index (χ3v) is 7.69. The number of carbonyl (C=O) groups is 1. The number of pyridine rings is 1. The number of ether oxygens (including phenoxy) is 2. The third-order valence-electron chi connectivity index (χ3n) is 6.28. The van der Waals surface area contributed by atoms with E-state index < -0.39 is 28.7 Å². The van der Waals surface area contributed by atoms with E-state index in [1.54, 1.807) is 6.26 Å². The molecule has 6 nitrogen and oxygen atoms in total. The molecule has 9 heteroatoms. The predicted octanol–water partition coefficient (Wildman–Crippen LogP) is 6.04. The Bertz CT molecular complexity index is 1010. The lowest BCUT2D eigenvalue weighted by atomic mass is 9.66. The van der Waals surface area contributed by atoms with Crippen LogP contribution < -0.4 is 14.8 Å². The third kappa shape index (κ3) is 6.78. The van der Waals surface area contributed by atoms with Gasteiger partial charge in [-0.3, -0.25) is 9.00 Å². The Balaban J connectivity index is 0.00000210. The van der Waals surface area contributed by atoms with Crippen LogP contribution in [0.4, 0.5) is 14.5 Å². The molecule has 194 valence electrons. The molecule has 1 atom stereocenters. The van der Waals surface area contributed by atoms with E-state index in [9.17, 15) is 17.8 Å². The Hall–Kier alpha value is -2.55. The SMILES string of the molecule is CC.COc1ccc(NC(=O)C2(c3ccccc3C(C)C)CCC(S(C)=O)CC2)c(OC(F)F)n1. The van der Waals surface area contributed by atoms with E-state index in [1.165, 1.54) is 19.2 Å². The van der Waals surface area contributed by atoms with Gasteiger partial charge in [-0.1, -0.05) is 52.0 Å². The summed E-state index contributed by atoms with van der Waals surface area (Å²) in [4.78, 5) is 17.8. The monoisotopic (exact) mass is 510 g/mol. The van der Waals surface area contributed by atoms with Gasteiger partial charge in [0.2, 0.25) is 17.7 Å². The zero-order valence-corrected chi connectivity index (χ0v) is 22.1. The van der Waals surface area contributed by atoms with Crippen molar-refractivity contribution < 1.29 is 27.3 Å². The first kappa shape index (κ1) is 28.7. The minimum absolute atomic E-state index is 0.0255. The Morgan fingerprint density at radius 3 is 2.31 bits per heavy atom. The molecule has 0 bridgehead atoms. The number of alkyl halides is 2. The molecule has 1 aliphatic carbocycles. The second kappa shape index (κ2) is 13.0. The van der Waals surface area contributed by atoms with Crippen LogP contribution in [-0.4, -0.2) is 40.3 Å². The van der Waals surface area contributed by atoms with Crippen molar-refractivity contribution in [3.05, 3.63) is 47.5 Å². The molecule has 0 spiro atoms. The zero-order chi connectivity index (χ0) is 26.2. The average molecular weight is 511 g/mol. The molecule has 1 heterocycles. The Labute approximate surface area is 209 Å². The van der Waals surface area contributed by atoms with E-state index >= 15 is 0 Å². The molecule has 35 heavy (non-hydrogen) atoms. The smallest absolute Gasteiger partial charge is 0.388 e. The highest BCUT2D eigenvalue weighted by molar-refractivity contribution is 7.84. The molecule has 1 N–H and O–H groups in total. The molecule has 0 saturated heterocycles. The summed E-state index contributed by atoms with van der Waals surface area (Å²) < 4.78 is 47.6. The van der Waals surface area contributed by atoms with Crippen LogP contribution in [0.1, 0.15) is 70.4 Å². The number of nitrogens with one attached hydrogen (secondary N) is 1. The lowest BCUT2D eigenvalue weighted by Crippen LogP contribution is -2.45. The van der Waals surface area contributed by atoms with Gasteiger partial charge >= 0.3 is 6.61 Å². The van der Waals surface area contributed by atoms with Crippen molar-refractivity contribution >= 4 is 22.4 Å². The van der Waals surface area contributed by atoms with Crippen molar-refractivity contribution in [1.29, 1.82) is 0 Å². The highest BCUT2D eigenvalue weighted by Gasteiger charge is 2.45. The summed E-state index contributed by atoms with van der Waals surface area (Å²) in [5.41, 5.74) is 1.12. The standard InChI is InChI=1S/C24H30F2N2O4S.C2H6/c1-15(2)17-7-5-6-8-18(17)24(13-11-16(12-14-24)33(4)30)22(29)27-19-9-10-20(31-3)28-21(19)32-23(25)26;1-2/h5-10,15-16,23H,11-14H2,1-4H3,(H,27,29);1-2H3. The van der Waals surface area contributed by atoms with Crippen molar-refractivity contribution in [2.75, 3.05) is 18.7 Å². The summed E-state index contributed by atoms with van der Waals surface area (Å²) in [5.74, 6) is -0.450. The molecule has 1 fully saturated rings. The van der Waals surface area contributed by atoms with Gasteiger partial charge in [0.25, 0.3) is 0 Å². The minimum Gasteiger partial charge on any atom is -0.481 e. The van der Waals surface area contributed by atoms with Gasteiger partial charge in [0, 0.05) is 28.4 Å². The molecule has 0 radical (unpaired) electrons. The summed E-state index contributed by atoms with van der Waals surface area (Å²) in [5, 5.41) is 2.82. The largest absolute Gasteiger partial charge is 0.481 e. The number of amides is 1. The van der Waals surface area contributed by atoms with E-state index in [2.05, 4.69) is 28.9 Å². The van der Waals surface area contributed by atoms with Crippen molar-refractivity contribution in [1.82, 2.24) is 4.98 Å². The summed E-state index contributed by atoms with van der Waals surface area (Å²) in [6, 6.07) is 10.7. The van der Waals surface area contributed by atoms with Crippen LogP contribution in [0.15, 0.2) is 36.4 Å². The number of hydrogen-bond donors (Lipinski definition) is 1. The Kier molecular flexibility index (Phi) is 10.6. The fourth-order valence-electron chi connectivity index (χ4n) is 4.52. The van der Waals surface area contributed by atoms with Gasteiger partial charge in [-0.25, -0.2) is 0 Å². The fourth-order valence-corrected chi connectivity index (χ4v) is 5.42. The van der Waals surface area contributed by atoms with Crippen LogP contribution in [0, 0.1) is 0 Å². The molecule has 1 amide bonds. The van der Waals surface area contributed by atoms with Crippen LogP contribution in [0.3, 0.4) is 0 Å². The van der Waals surface area contributed by atoms with Gasteiger partial charge in [0.05, 0.1) is 12.5 Å². The molecule has 1 unspecified atom stereocenters. The molecule has 3 rings (SSSR count). The number of methoxy groups -OCH3 is 1. The van der Waals surface area contributed by atoms with Crippen LogP contribution >= 0.6 is 0 Å². The number of halogens is 2. The fraction of sp³-hybridized carbons (Fsp3) is 0.538. The van der Waals surface area contributed by atoms with E-state index in [4.69, 9.17) is 4.74 Å². The van der Waals surface area contributed by atoms with Gasteiger partial charge in [0.15, 0.2) is 0 Å². The van der Waals surface area contributed by atoms with Crippen LogP contribution in [0.25, 0.3) is 0 Å². The number of anilines is 1. The topological polar surface area (TPSA) is 77.5 Å². The number of nitrogens with zero attached hydrogens (tertiary/aromatic N) is 1. The van der Waals surface area contributed by atoms with Crippen molar-refractivity contribution in [2.24, 2.45) is 0 Å². The molecule has 1 aromatic carbocycles. The first-order valence-electron chi connectivity index (χ1n) is 11.9. The minimum atomic E-state index is -3.11. The number of rotatable bonds is 8. The predicted molar refractivity (Wildman–Crippen MR) is 136 cm³/mol. The van der Waals surface area contributed by atoms with Gasteiger partial charge in [0.1, 0.15) is 5.69 Å². The number of aromatic nitrogens is 1. The summed E-state index contributed by atoms with van der Waals surface area (Å²) >= 11 is 0. The number of carbonyl (C=O) groups excluding carboxylic acids is 1. The van der Waals surface area contributed by atoms with Gasteiger partial charge in [-0.05, 0) is 48.8 Å². The second-order valence-electron chi connectivity index (χ2n) is 8.56. The lowest BCUT2D eigenvalue weighted by molar-refractivity contribution is -0.122. The zero-order valence-electron chi connectivity index (χ0n) is 21.3. The van der Waals surface area contributed by atoms with Crippen LogP contribution in [0.2, 0.25) is 0 Å². The quantitative estimate of drug-likeness (QED) is 0.469. The van der Waals surface area contributed by atoms with Crippen molar-refractivity contribution in [2.45, 2.75) is 76.6 Å². The maximum Gasteiger partial charge on any atom is 0.388 e. The van der Waals surface area contributed by atoms with Gasteiger partial charge in [-0.15, -0.1) is 0 Å². The van der Waals surface area contributed by atoms with Crippen LogP contribution in [0.5, 0.6) is 11.8 Å². The van der Waals surface area contributed by atoms with Crippen molar-refractivity contribution in [3.63, 3.8) is 0 Å². The number of benzene rings is 1. The maximum absolute atomic E-state index is 13.8. The van der Waals surface area contributed by atoms with Gasteiger partial charge in [-0.2, -0.15) is 13.8 Å². The van der Waals surface area contributed by atoms with E-state index in [1.807, 2.05) is 38.1 Å². The summed E-state index contributed by atoms with van der Waals surface area (Å²) in [6.07, 6.45) is 3.95. The average Bonchev–Trinajstić information content (AvgIpc) is 2.85. The normalized spacial score (nSPS) is 20.6. The first-order chi connectivity index (χ1) is 16.7. The molecule has 1 aliphatic rings. The van der Waals surface area contributed by atoms with E-state index in [0.717, 1.165) is 11.1 Å². The van der Waals surface area contributed by atoms with Crippen molar-refractivity contribution in [3.8, 4) is 11.8 Å². The lowest BCUT2D eigenvalue weighted by Gasteiger charge is -2.40. The maximum atomic E-state index is 13.8. The first-order valence-corrected chi connectivity index (χ1v) is 13.5. The second-order valence-corrected chi connectivity index (χ2v) is 10.2. The Morgan fingerprint density at radius 2 is 1.77 bits per heavy atom. The van der Waals surface area contributed by atoms with Gasteiger partial charge < -0.3 is 14.8 Å². The number of hydrogen-bond acceptors (Lipinski definition) is 5. The molecule has 1 saturated carbocycles. The summed E-state index contributed by atoms with van der Waals surface area (Å²) in [7, 11) is 0.382. The van der Waals surface area contributed by atoms with E-state index in [0.29, 0.717) is 25.7 Å².